The number of ether oxygens (including phenoxy) is 1. The van der Waals surface area contributed by atoms with Gasteiger partial charge < -0.3 is 15.4 Å². The molecule has 0 atom stereocenters. The molecule has 188 valence electrons. The molecule has 1 saturated heterocycles. The summed E-state index contributed by atoms with van der Waals surface area (Å²) in [7, 11) is 0. The lowest BCUT2D eigenvalue weighted by molar-refractivity contribution is -0.104. The summed E-state index contributed by atoms with van der Waals surface area (Å²) in [6, 6.07) is 3.84. The van der Waals surface area contributed by atoms with Crippen molar-refractivity contribution >= 4 is 29.0 Å². The van der Waals surface area contributed by atoms with Crippen LogP contribution in [0.3, 0.4) is 0 Å². The van der Waals surface area contributed by atoms with Crippen LogP contribution in [0.4, 0.5) is 17.1 Å². The molecule has 2 heterocycles. The van der Waals surface area contributed by atoms with Crippen molar-refractivity contribution in [2.24, 2.45) is 0 Å². The van der Waals surface area contributed by atoms with E-state index in [0.29, 0.717) is 30.6 Å². The first-order valence-electron chi connectivity index (χ1n) is 12.2. The van der Waals surface area contributed by atoms with Gasteiger partial charge in [-0.05, 0) is 38.8 Å². The van der Waals surface area contributed by atoms with Crippen LogP contribution in [0.2, 0.25) is 0 Å². The lowest BCUT2D eigenvalue weighted by Gasteiger charge is -2.29. The molecule has 0 aliphatic carbocycles. The average Bonchev–Trinajstić information content (AvgIpc) is 2.86. The van der Waals surface area contributed by atoms with Crippen LogP contribution >= 0.6 is 11.9 Å². The van der Waals surface area contributed by atoms with Crippen LogP contribution in [0.15, 0.2) is 34.1 Å². The van der Waals surface area contributed by atoms with E-state index in [4.69, 9.17) is 9.57 Å². The van der Waals surface area contributed by atoms with Crippen molar-refractivity contribution < 1.29 is 9.57 Å². The smallest absolute Gasteiger partial charge is 0.253 e. The van der Waals surface area contributed by atoms with Crippen LogP contribution in [-0.4, -0.2) is 72.1 Å². The van der Waals surface area contributed by atoms with Gasteiger partial charge in [0.15, 0.2) is 0 Å². The normalized spacial score (nSPS) is 14.8. The number of pyridine rings is 1. The van der Waals surface area contributed by atoms with Crippen molar-refractivity contribution in [2.45, 2.75) is 45.6 Å². The number of hydrogen-bond acceptors (Lipinski definition) is 10. The Morgan fingerprint density at radius 1 is 1.09 bits per heavy atom. The van der Waals surface area contributed by atoms with Crippen molar-refractivity contribution in [3.05, 3.63) is 45.0 Å². The maximum absolute atomic E-state index is 11.9. The van der Waals surface area contributed by atoms with Crippen LogP contribution in [0, 0.1) is 0 Å². The largest absolute Gasteiger partial charge is 0.380 e. The van der Waals surface area contributed by atoms with E-state index in [-0.39, 0.29) is 0 Å². The molecule has 0 bridgehead atoms. The summed E-state index contributed by atoms with van der Waals surface area (Å²) in [6.07, 6.45) is 7.50. The lowest BCUT2D eigenvalue weighted by Crippen LogP contribution is -2.39. The van der Waals surface area contributed by atoms with Gasteiger partial charge in [-0.3, -0.25) is 24.3 Å². The van der Waals surface area contributed by atoms with Gasteiger partial charge in [-0.1, -0.05) is 24.8 Å². The number of aromatic nitrogens is 1. The molecule has 1 aromatic carbocycles. The van der Waals surface area contributed by atoms with Crippen molar-refractivity contribution in [3.63, 3.8) is 0 Å². The fourth-order valence-electron chi connectivity index (χ4n) is 3.63. The van der Waals surface area contributed by atoms with Crippen LogP contribution in [0.5, 0.6) is 0 Å². The second-order valence-corrected chi connectivity index (χ2v) is 9.64. The Hall–Kier alpha value is -1.98. The molecule has 1 fully saturated rings. The second kappa shape index (κ2) is 14.4. The van der Waals surface area contributed by atoms with Crippen LogP contribution in [0.1, 0.15) is 39.5 Å². The van der Waals surface area contributed by atoms with Gasteiger partial charge in [0.2, 0.25) is 0 Å². The molecule has 9 nitrogen and oxygen atoms in total. The molecule has 1 aliphatic heterocycles. The van der Waals surface area contributed by atoms with Crippen molar-refractivity contribution in [1.29, 1.82) is 0 Å². The van der Waals surface area contributed by atoms with E-state index in [1.54, 1.807) is 36.5 Å². The van der Waals surface area contributed by atoms with E-state index in [1.807, 2.05) is 4.47 Å². The summed E-state index contributed by atoms with van der Waals surface area (Å²) in [6.45, 7) is 10.2. The fourth-order valence-corrected chi connectivity index (χ4v) is 4.59. The van der Waals surface area contributed by atoms with E-state index in [0.717, 1.165) is 70.0 Å². The minimum absolute atomic E-state index is 0.324. The van der Waals surface area contributed by atoms with E-state index in [9.17, 15) is 9.59 Å². The number of hydrogen-bond donors (Lipinski definition) is 2. The van der Waals surface area contributed by atoms with Gasteiger partial charge in [0, 0.05) is 56.1 Å². The maximum atomic E-state index is 11.9. The first-order chi connectivity index (χ1) is 16.6. The number of nitrogens with zero attached hydrogens (tertiary/aromatic N) is 3. The van der Waals surface area contributed by atoms with Crippen LogP contribution in [0.25, 0.3) is 0 Å². The number of hydroxylamine groups is 1. The van der Waals surface area contributed by atoms with Gasteiger partial charge >= 0.3 is 0 Å². The first kappa shape index (κ1) is 26.6. The van der Waals surface area contributed by atoms with E-state index in [1.165, 1.54) is 0 Å². The lowest BCUT2D eigenvalue weighted by atomic mass is 10.1. The molecule has 3 rings (SSSR count). The molecule has 0 amide bonds. The molecular weight excluding hydrogens is 454 g/mol. The summed E-state index contributed by atoms with van der Waals surface area (Å²) >= 11 is 1.75. The molecular formula is C24H37N5O4S. The Morgan fingerprint density at radius 2 is 1.79 bits per heavy atom. The van der Waals surface area contributed by atoms with Gasteiger partial charge in [-0.15, -0.1) is 4.47 Å². The summed E-state index contributed by atoms with van der Waals surface area (Å²) in [5.41, 5.74) is 0.547. The Bertz CT molecular complexity index is 914. The summed E-state index contributed by atoms with van der Waals surface area (Å²) in [5, 5.41) is 6.14. The third-order valence-corrected chi connectivity index (χ3v) is 6.86. The summed E-state index contributed by atoms with van der Waals surface area (Å²) < 4.78 is 7.40. The molecule has 0 saturated carbocycles. The predicted molar refractivity (Wildman–Crippen MR) is 138 cm³/mol. The Balaban J connectivity index is 1.25. The third-order valence-electron chi connectivity index (χ3n) is 5.60. The van der Waals surface area contributed by atoms with Crippen LogP contribution in [-0.2, 0) is 9.57 Å². The number of rotatable bonds is 16. The Kier molecular flexibility index (Phi) is 11.3. The van der Waals surface area contributed by atoms with Crippen LogP contribution < -0.4 is 21.5 Å². The van der Waals surface area contributed by atoms with E-state index < -0.39 is 10.9 Å². The van der Waals surface area contributed by atoms with Gasteiger partial charge in [-0.2, -0.15) is 0 Å². The summed E-state index contributed by atoms with van der Waals surface area (Å²) in [5.74, 6) is 1.02. The SMILES string of the molecule is CC(C)N(OCCN1CCOCC1)SCCCCCCNc1c(Nc2ccncc2)c(=O)c1=O. The number of unbranched alkanes of at least 4 members (excludes halogenated alkanes) is 3. The highest BCUT2D eigenvalue weighted by Gasteiger charge is 2.20. The topological polar surface area (TPSA) is 96.0 Å². The van der Waals surface area contributed by atoms with Gasteiger partial charge in [-0.25, -0.2) is 0 Å². The van der Waals surface area contributed by atoms with E-state index in [2.05, 4.69) is 34.4 Å². The third kappa shape index (κ3) is 8.35. The highest BCUT2D eigenvalue weighted by atomic mass is 32.2. The van der Waals surface area contributed by atoms with Crippen molar-refractivity contribution in [1.82, 2.24) is 14.4 Å². The number of morpholine rings is 1. The van der Waals surface area contributed by atoms with E-state index >= 15 is 0 Å². The monoisotopic (exact) mass is 491 g/mol. The zero-order valence-electron chi connectivity index (χ0n) is 20.3. The molecule has 0 radical (unpaired) electrons. The minimum atomic E-state index is -0.474. The minimum Gasteiger partial charge on any atom is -0.380 e. The molecule has 0 spiro atoms. The zero-order chi connectivity index (χ0) is 24.2. The highest BCUT2D eigenvalue weighted by Crippen LogP contribution is 2.20. The molecule has 34 heavy (non-hydrogen) atoms. The van der Waals surface area contributed by atoms with Gasteiger partial charge in [0.25, 0.3) is 10.9 Å². The quantitative estimate of drug-likeness (QED) is 0.158. The maximum Gasteiger partial charge on any atom is 0.253 e. The highest BCUT2D eigenvalue weighted by molar-refractivity contribution is 7.96. The molecule has 10 heteroatoms. The average molecular weight is 492 g/mol. The van der Waals surface area contributed by atoms with Crippen molar-refractivity contribution in [2.75, 3.05) is 62.4 Å². The predicted octanol–water partition coefficient (Wildman–Crippen LogP) is 3.02. The molecule has 2 aromatic rings. The molecule has 2 N–H and O–H groups in total. The summed E-state index contributed by atoms with van der Waals surface area (Å²) in [4.78, 5) is 36.1. The first-order valence-corrected chi connectivity index (χ1v) is 13.1. The fraction of sp³-hybridized carbons (Fsp3) is 0.625. The zero-order valence-corrected chi connectivity index (χ0v) is 21.1. The molecule has 1 aliphatic rings. The standard InChI is InChI=1S/C24H37N5O4S/c1-19(2)29(33-17-14-28-12-15-32-16-13-28)34-18-6-4-3-5-9-26-21-22(24(31)23(21)30)27-20-7-10-25-11-8-20/h7-8,10-11,19,26H,3-6,9,12-18H2,1-2H3,(H,25,27). The van der Waals surface area contributed by atoms with Crippen molar-refractivity contribution in [3.8, 4) is 0 Å². The number of anilines is 3. The second-order valence-electron chi connectivity index (χ2n) is 8.61. The molecule has 1 aromatic heterocycles. The van der Waals surface area contributed by atoms with Gasteiger partial charge in [0.05, 0.1) is 19.8 Å². The Morgan fingerprint density at radius 3 is 2.53 bits per heavy atom. The Labute approximate surface area is 206 Å². The van der Waals surface area contributed by atoms with Gasteiger partial charge in [0.1, 0.15) is 11.4 Å². The number of nitrogens with one attached hydrogen (secondary N) is 2. The molecule has 0 unspecified atom stereocenters.